The molecule has 1 heterocycles. The minimum absolute atomic E-state index is 0.103. The van der Waals surface area contributed by atoms with E-state index in [1.54, 1.807) is 18.2 Å². The summed E-state index contributed by atoms with van der Waals surface area (Å²) in [5.74, 6) is -1.68. The molecule has 0 saturated heterocycles. The standard InChI is InChI=1S/C24H18FN5O7/c1-36-20-10-14(12-26-29-23(32)17-7-2-3-8-18(17)28-24(29)33)9-19(30(34)35)22(20)37-13-21(31)27-16-6-4-5-15(25)11-16/h2-12H,13H2,1H3,(H,27,31)(H,28,33). The third-order valence-electron chi connectivity index (χ3n) is 5.04. The van der Waals surface area contributed by atoms with Crippen molar-refractivity contribution in [2.24, 2.45) is 5.10 Å². The second-order valence-electron chi connectivity index (χ2n) is 7.51. The number of nitrogens with zero attached hydrogens (tertiary/aromatic N) is 3. The molecule has 0 aliphatic rings. The van der Waals surface area contributed by atoms with E-state index in [-0.39, 0.29) is 28.1 Å². The molecule has 1 aromatic heterocycles. The van der Waals surface area contributed by atoms with Crippen molar-refractivity contribution in [3.63, 3.8) is 0 Å². The molecule has 4 rings (SSSR count). The van der Waals surface area contributed by atoms with Gasteiger partial charge in [0.2, 0.25) is 5.75 Å². The lowest BCUT2D eigenvalue weighted by Gasteiger charge is -2.12. The first kappa shape index (κ1) is 24.8. The van der Waals surface area contributed by atoms with Gasteiger partial charge < -0.3 is 19.8 Å². The third kappa shape index (κ3) is 5.51. The molecule has 0 bridgehead atoms. The molecule has 0 unspecified atom stereocenters. The summed E-state index contributed by atoms with van der Waals surface area (Å²) in [5, 5.41) is 18.2. The van der Waals surface area contributed by atoms with E-state index in [0.717, 1.165) is 18.3 Å². The fourth-order valence-electron chi connectivity index (χ4n) is 3.40. The second-order valence-corrected chi connectivity index (χ2v) is 7.51. The van der Waals surface area contributed by atoms with Gasteiger partial charge in [-0.15, -0.1) is 4.68 Å². The number of carbonyl (C=O) groups is 1. The van der Waals surface area contributed by atoms with Gasteiger partial charge in [-0.2, -0.15) is 5.10 Å². The summed E-state index contributed by atoms with van der Waals surface area (Å²) in [6.45, 7) is -0.636. The summed E-state index contributed by atoms with van der Waals surface area (Å²) in [6, 6.07) is 13.9. The number of halogens is 1. The number of nitro benzene ring substituents is 1. The molecule has 0 saturated carbocycles. The largest absolute Gasteiger partial charge is 0.493 e. The topological polar surface area (TPSA) is 158 Å². The van der Waals surface area contributed by atoms with E-state index in [1.807, 2.05) is 0 Å². The third-order valence-corrected chi connectivity index (χ3v) is 5.04. The van der Waals surface area contributed by atoms with E-state index in [9.17, 15) is 28.9 Å². The van der Waals surface area contributed by atoms with Crippen LogP contribution in [-0.2, 0) is 4.79 Å². The van der Waals surface area contributed by atoms with Crippen LogP contribution in [0.3, 0.4) is 0 Å². The number of aromatic amines is 1. The Labute approximate surface area is 206 Å². The molecule has 188 valence electrons. The SMILES string of the molecule is COc1cc(C=Nn2c(=O)[nH]c3ccccc3c2=O)cc([N+](=O)[O-])c1OCC(=O)Nc1cccc(F)c1. The Bertz CT molecular complexity index is 1660. The van der Waals surface area contributed by atoms with E-state index >= 15 is 0 Å². The first-order chi connectivity index (χ1) is 17.8. The Kier molecular flexibility index (Phi) is 7.04. The highest BCUT2D eigenvalue weighted by Gasteiger charge is 2.23. The van der Waals surface area contributed by atoms with Crippen LogP contribution in [0.5, 0.6) is 11.5 Å². The van der Waals surface area contributed by atoms with E-state index in [4.69, 9.17) is 9.47 Å². The van der Waals surface area contributed by atoms with Crippen LogP contribution in [0, 0.1) is 15.9 Å². The number of ether oxygens (including phenoxy) is 2. The first-order valence-electron chi connectivity index (χ1n) is 10.6. The van der Waals surface area contributed by atoms with Gasteiger partial charge in [0.1, 0.15) is 5.82 Å². The van der Waals surface area contributed by atoms with Gasteiger partial charge in [0.25, 0.3) is 11.5 Å². The summed E-state index contributed by atoms with van der Waals surface area (Å²) < 4.78 is 24.4. The second kappa shape index (κ2) is 10.5. The Balaban J connectivity index is 1.61. The molecule has 0 aliphatic carbocycles. The van der Waals surface area contributed by atoms with Crippen molar-refractivity contribution in [3.8, 4) is 11.5 Å². The number of fused-ring (bicyclic) bond motifs is 1. The van der Waals surface area contributed by atoms with Crippen molar-refractivity contribution in [1.29, 1.82) is 0 Å². The number of carbonyl (C=O) groups excluding carboxylic acids is 1. The fourth-order valence-corrected chi connectivity index (χ4v) is 3.40. The lowest BCUT2D eigenvalue weighted by atomic mass is 10.2. The predicted molar refractivity (Wildman–Crippen MR) is 132 cm³/mol. The first-order valence-corrected chi connectivity index (χ1v) is 10.6. The van der Waals surface area contributed by atoms with Crippen molar-refractivity contribution < 1.29 is 23.6 Å². The van der Waals surface area contributed by atoms with E-state index < -0.39 is 40.2 Å². The lowest BCUT2D eigenvalue weighted by molar-refractivity contribution is -0.385. The number of aromatic nitrogens is 2. The summed E-state index contributed by atoms with van der Waals surface area (Å²) in [6.07, 6.45) is 1.07. The molecular formula is C24H18FN5O7. The molecule has 1 amide bonds. The maximum atomic E-state index is 13.3. The van der Waals surface area contributed by atoms with Gasteiger partial charge in [0.05, 0.1) is 29.2 Å². The van der Waals surface area contributed by atoms with Gasteiger partial charge in [-0.1, -0.05) is 18.2 Å². The quantitative estimate of drug-likeness (QED) is 0.211. The van der Waals surface area contributed by atoms with Gasteiger partial charge in [-0.05, 0) is 36.4 Å². The van der Waals surface area contributed by atoms with Gasteiger partial charge in [-0.3, -0.25) is 19.7 Å². The smallest absolute Gasteiger partial charge is 0.349 e. The number of hydrogen-bond acceptors (Lipinski definition) is 8. The van der Waals surface area contributed by atoms with Crippen LogP contribution in [0.25, 0.3) is 10.9 Å². The van der Waals surface area contributed by atoms with Gasteiger partial charge >= 0.3 is 11.4 Å². The Morgan fingerprint density at radius 2 is 1.97 bits per heavy atom. The zero-order chi connectivity index (χ0) is 26.5. The summed E-state index contributed by atoms with van der Waals surface area (Å²) in [7, 11) is 1.23. The fraction of sp³-hybridized carbons (Fsp3) is 0.0833. The van der Waals surface area contributed by atoms with Crippen LogP contribution in [0.15, 0.2) is 75.4 Å². The van der Waals surface area contributed by atoms with Gasteiger partial charge in [0.15, 0.2) is 12.4 Å². The number of para-hydroxylation sites is 1. The van der Waals surface area contributed by atoms with Crippen LogP contribution in [-0.4, -0.2) is 40.4 Å². The minimum atomic E-state index is -0.800. The molecule has 4 aromatic rings. The molecule has 3 aromatic carbocycles. The molecule has 2 N–H and O–H groups in total. The van der Waals surface area contributed by atoms with Crippen molar-refractivity contribution in [1.82, 2.24) is 9.66 Å². The lowest BCUT2D eigenvalue weighted by Crippen LogP contribution is -2.32. The number of amides is 1. The zero-order valence-electron chi connectivity index (χ0n) is 19.1. The van der Waals surface area contributed by atoms with Crippen LogP contribution >= 0.6 is 0 Å². The molecule has 12 nitrogen and oxygen atoms in total. The molecule has 37 heavy (non-hydrogen) atoms. The van der Waals surface area contributed by atoms with Crippen LogP contribution in [0.4, 0.5) is 15.8 Å². The van der Waals surface area contributed by atoms with Crippen LogP contribution < -0.4 is 26.0 Å². The highest BCUT2D eigenvalue weighted by molar-refractivity contribution is 5.92. The Morgan fingerprint density at radius 3 is 2.70 bits per heavy atom. The van der Waals surface area contributed by atoms with Crippen LogP contribution in [0.1, 0.15) is 5.56 Å². The number of rotatable bonds is 8. The molecule has 0 atom stereocenters. The van der Waals surface area contributed by atoms with E-state index in [2.05, 4.69) is 15.4 Å². The molecule has 0 spiro atoms. The predicted octanol–water partition coefficient (Wildman–Crippen LogP) is 2.65. The number of benzene rings is 3. The van der Waals surface area contributed by atoms with E-state index in [0.29, 0.717) is 10.2 Å². The number of anilines is 1. The number of hydrogen-bond donors (Lipinski definition) is 2. The minimum Gasteiger partial charge on any atom is -0.493 e. The van der Waals surface area contributed by atoms with Crippen LogP contribution in [0.2, 0.25) is 0 Å². The zero-order valence-corrected chi connectivity index (χ0v) is 19.1. The van der Waals surface area contributed by atoms with Crippen molar-refractivity contribution >= 4 is 34.4 Å². The molecule has 0 fully saturated rings. The summed E-state index contributed by atoms with van der Waals surface area (Å²) in [4.78, 5) is 50.6. The van der Waals surface area contributed by atoms with Gasteiger partial charge in [0, 0.05) is 17.3 Å². The summed E-state index contributed by atoms with van der Waals surface area (Å²) in [5.41, 5.74) is -1.41. The molecule has 13 heteroatoms. The van der Waals surface area contributed by atoms with E-state index in [1.165, 1.54) is 37.4 Å². The van der Waals surface area contributed by atoms with Gasteiger partial charge in [-0.25, -0.2) is 9.18 Å². The molecular weight excluding hydrogens is 489 g/mol. The maximum absolute atomic E-state index is 13.3. The van der Waals surface area contributed by atoms with Crippen molar-refractivity contribution in [3.05, 3.63) is 103 Å². The number of nitrogens with one attached hydrogen (secondary N) is 2. The average molecular weight is 507 g/mol. The van der Waals surface area contributed by atoms with Crippen molar-refractivity contribution in [2.45, 2.75) is 0 Å². The highest BCUT2D eigenvalue weighted by Crippen LogP contribution is 2.38. The average Bonchev–Trinajstić information content (AvgIpc) is 2.87. The maximum Gasteiger partial charge on any atom is 0.349 e. The molecule has 0 radical (unpaired) electrons. The Morgan fingerprint density at radius 1 is 1.19 bits per heavy atom. The Hall–Kier alpha value is -5.33. The monoisotopic (exact) mass is 507 g/mol. The number of H-pyrrole nitrogens is 1. The normalized spacial score (nSPS) is 11.0. The summed E-state index contributed by atoms with van der Waals surface area (Å²) >= 11 is 0. The van der Waals surface area contributed by atoms with Crippen molar-refractivity contribution in [2.75, 3.05) is 19.0 Å². The number of nitro groups is 1. The highest BCUT2D eigenvalue weighted by atomic mass is 19.1. The molecule has 0 aliphatic heterocycles. The number of methoxy groups -OCH3 is 1.